The van der Waals surface area contributed by atoms with Crippen LogP contribution in [-0.4, -0.2) is 13.7 Å². The van der Waals surface area contributed by atoms with E-state index in [0.29, 0.717) is 6.61 Å². The number of ether oxygens (including phenoxy) is 2. The summed E-state index contributed by atoms with van der Waals surface area (Å²) in [5.41, 5.74) is 7.01. The fraction of sp³-hybridized carbons (Fsp3) is 0.143. The molecule has 0 amide bonds. The zero-order valence-corrected chi connectivity index (χ0v) is 13.5. The summed E-state index contributed by atoms with van der Waals surface area (Å²) >= 11 is 0. The lowest BCUT2D eigenvalue weighted by Crippen LogP contribution is -2.08. The maximum absolute atomic E-state index is 6.09. The van der Waals surface area contributed by atoms with Crippen LogP contribution in [0.5, 0.6) is 11.5 Å². The van der Waals surface area contributed by atoms with Gasteiger partial charge in [-0.05, 0) is 40.6 Å². The monoisotopic (exact) mass is 317 g/mol. The van der Waals surface area contributed by atoms with Gasteiger partial charge in [0.05, 0.1) is 13.2 Å². The van der Waals surface area contributed by atoms with Gasteiger partial charge in [-0.2, -0.15) is 0 Å². The van der Waals surface area contributed by atoms with Crippen molar-refractivity contribution in [3.05, 3.63) is 72.3 Å². The van der Waals surface area contributed by atoms with E-state index in [1.54, 1.807) is 7.11 Å². The number of nitrogens with two attached hydrogens (primary N) is 1. The van der Waals surface area contributed by atoms with E-state index in [-0.39, 0.29) is 6.04 Å². The normalized spacial score (nSPS) is 11.4. The minimum atomic E-state index is -0.361. The van der Waals surface area contributed by atoms with Crippen molar-refractivity contribution in [1.29, 1.82) is 0 Å². The maximum Gasteiger partial charge on any atom is 0.149 e. The average Bonchev–Trinajstić information content (AvgIpc) is 2.65. The molecule has 0 saturated heterocycles. The van der Waals surface area contributed by atoms with Crippen LogP contribution in [0.25, 0.3) is 10.8 Å². The molecule has 0 bridgehead atoms. The molecule has 1 unspecified atom stereocenters. The molecule has 0 aliphatic carbocycles. The first-order chi connectivity index (χ1) is 11.8. The van der Waals surface area contributed by atoms with E-state index in [2.05, 4.69) is 24.0 Å². The zero-order chi connectivity index (χ0) is 16.8. The summed E-state index contributed by atoms with van der Waals surface area (Å²) in [7, 11) is 1.63. The largest absolute Gasteiger partial charge is 0.497 e. The molecule has 3 heteroatoms. The Hall–Kier alpha value is -2.96. The van der Waals surface area contributed by atoms with Gasteiger partial charge in [0.25, 0.3) is 0 Å². The summed E-state index contributed by atoms with van der Waals surface area (Å²) in [5.74, 6) is 7.56. The lowest BCUT2D eigenvalue weighted by Gasteiger charge is -2.07. The predicted molar refractivity (Wildman–Crippen MR) is 97.1 cm³/mol. The molecule has 3 aromatic rings. The Morgan fingerprint density at radius 2 is 1.75 bits per heavy atom. The van der Waals surface area contributed by atoms with Crippen LogP contribution in [0.2, 0.25) is 0 Å². The molecule has 0 radical (unpaired) electrons. The van der Waals surface area contributed by atoms with Gasteiger partial charge in [0, 0.05) is 0 Å². The highest BCUT2D eigenvalue weighted by atomic mass is 16.5. The van der Waals surface area contributed by atoms with Crippen molar-refractivity contribution >= 4 is 10.8 Å². The van der Waals surface area contributed by atoms with Crippen molar-refractivity contribution in [3.63, 3.8) is 0 Å². The second-order valence-corrected chi connectivity index (χ2v) is 5.37. The second kappa shape index (κ2) is 7.54. The van der Waals surface area contributed by atoms with Crippen molar-refractivity contribution in [1.82, 2.24) is 0 Å². The zero-order valence-electron chi connectivity index (χ0n) is 13.5. The highest BCUT2D eigenvalue weighted by Gasteiger charge is 2.03. The summed E-state index contributed by atoms with van der Waals surface area (Å²) in [6, 6.07) is 21.4. The molecular weight excluding hydrogens is 298 g/mol. The Morgan fingerprint density at radius 3 is 2.58 bits per heavy atom. The van der Waals surface area contributed by atoms with Gasteiger partial charge in [-0.25, -0.2) is 0 Å². The summed E-state index contributed by atoms with van der Waals surface area (Å²) < 4.78 is 10.9. The third-order valence-electron chi connectivity index (χ3n) is 3.74. The Morgan fingerprint density at radius 1 is 0.917 bits per heavy atom. The lowest BCUT2D eigenvalue weighted by molar-refractivity contribution is 0.370. The van der Waals surface area contributed by atoms with Crippen LogP contribution in [0.1, 0.15) is 11.6 Å². The number of benzene rings is 3. The Kier molecular flexibility index (Phi) is 5.00. The SMILES string of the molecule is COc1cccc(C(N)C#CCOc2ccc3ccccc3c2)c1. The highest BCUT2D eigenvalue weighted by molar-refractivity contribution is 5.83. The number of methoxy groups -OCH3 is 1. The van der Waals surface area contributed by atoms with Crippen LogP contribution in [0.15, 0.2) is 66.7 Å². The molecule has 3 aromatic carbocycles. The van der Waals surface area contributed by atoms with Crippen LogP contribution in [0.4, 0.5) is 0 Å². The van der Waals surface area contributed by atoms with Gasteiger partial charge in [-0.1, -0.05) is 54.3 Å². The van der Waals surface area contributed by atoms with Crippen molar-refractivity contribution in [3.8, 4) is 23.3 Å². The minimum Gasteiger partial charge on any atom is -0.497 e. The molecule has 120 valence electrons. The van der Waals surface area contributed by atoms with E-state index < -0.39 is 0 Å². The molecule has 0 aliphatic rings. The summed E-state index contributed by atoms with van der Waals surface area (Å²) in [4.78, 5) is 0. The van der Waals surface area contributed by atoms with E-state index in [9.17, 15) is 0 Å². The Bertz CT molecular complexity index is 893. The van der Waals surface area contributed by atoms with Crippen molar-refractivity contribution in [2.75, 3.05) is 13.7 Å². The van der Waals surface area contributed by atoms with Crippen LogP contribution >= 0.6 is 0 Å². The smallest absolute Gasteiger partial charge is 0.149 e. The van der Waals surface area contributed by atoms with Gasteiger partial charge in [0.15, 0.2) is 0 Å². The maximum atomic E-state index is 6.09. The number of hydrogen-bond acceptors (Lipinski definition) is 3. The molecule has 0 fully saturated rings. The fourth-order valence-corrected chi connectivity index (χ4v) is 2.45. The Labute approximate surface area is 142 Å². The summed E-state index contributed by atoms with van der Waals surface area (Å²) in [5, 5.41) is 2.34. The van der Waals surface area contributed by atoms with Crippen LogP contribution in [-0.2, 0) is 0 Å². The quantitative estimate of drug-likeness (QED) is 0.742. The molecule has 0 saturated carbocycles. The van der Waals surface area contributed by atoms with Gasteiger partial charge in [0.2, 0.25) is 0 Å². The molecule has 0 aliphatic heterocycles. The van der Waals surface area contributed by atoms with E-state index in [1.807, 2.05) is 54.6 Å². The van der Waals surface area contributed by atoms with E-state index >= 15 is 0 Å². The van der Waals surface area contributed by atoms with Crippen molar-refractivity contribution < 1.29 is 9.47 Å². The molecule has 3 nitrogen and oxygen atoms in total. The predicted octanol–water partition coefficient (Wildman–Crippen LogP) is 3.93. The Balaban J connectivity index is 1.62. The molecule has 0 spiro atoms. The molecule has 2 N–H and O–H groups in total. The third-order valence-corrected chi connectivity index (χ3v) is 3.74. The fourth-order valence-electron chi connectivity index (χ4n) is 2.45. The van der Waals surface area contributed by atoms with Gasteiger partial charge >= 0.3 is 0 Å². The van der Waals surface area contributed by atoms with E-state index in [0.717, 1.165) is 22.4 Å². The first-order valence-electron chi connectivity index (χ1n) is 7.76. The first-order valence-corrected chi connectivity index (χ1v) is 7.76. The standard InChI is InChI=1S/C21H19NO2/c1-23-19-9-4-8-18(15-19)21(22)10-5-13-24-20-12-11-16-6-2-3-7-17(16)14-20/h2-4,6-9,11-12,14-15,21H,13,22H2,1H3. The minimum absolute atomic E-state index is 0.302. The first kappa shape index (κ1) is 15.9. The molecule has 24 heavy (non-hydrogen) atoms. The van der Waals surface area contributed by atoms with Gasteiger partial charge in [-0.3, -0.25) is 0 Å². The molecule has 0 aromatic heterocycles. The summed E-state index contributed by atoms with van der Waals surface area (Å²) in [6.07, 6.45) is 0. The van der Waals surface area contributed by atoms with Gasteiger partial charge in [0.1, 0.15) is 18.1 Å². The third kappa shape index (κ3) is 3.87. The highest BCUT2D eigenvalue weighted by Crippen LogP contribution is 2.20. The van der Waals surface area contributed by atoms with Crippen molar-refractivity contribution in [2.45, 2.75) is 6.04 Å². The van der Waals surface area contributed by atoms with Gasteiger partial charge < -0.3 is 15.2 Å². The molecule has 3 rings (SSSR count). The second-order valence-electron chi connectivity index (χ2n) is 5.37. The average molecular weight is 317 g/mol. The topological polar surface area (TPSA) is 44.5 Å². The number of fused-ring (bicyclic) bond motifs is 1. The summed E-state index contributed by atoms with van der Waals surface area (Å²) in [6.45, 7) is 0.302. The molecule has 1 atom stereocenters. The molecule has 0 heterocycles. The van der Waals surface area contributed by atoms with E-state index in [4.69, 9.17) is 15.2 Å². The lowest BCUT2D eigenvalue weighted by atomic mass is 10.1. The number of hydrogen-bond donors (Lipinski definition) is 1. The van der Waals surface area contributed by atoms with Gasteiger partial charge in [-0.15, -0.1) is 0 Å². The van der Waals surface area contributed by atoms with Crippen molar-refractivity contribution in [2.24, 2.45) is 5.73 Å². The van der Waals surface area contributed by atoms with Crippen LogP contribution < -0.4 is 15.2 Å². The van der Waals surface area contributed by atoms with Crippen LogP contribution in [0, 0.1) is 11.8 Å². The number of rotatable bonds is 4. The molecular formula is C21H19NO2. The van der Waals surface area contributed by atoms with Crippen LogP contribution in [0.3, 0.4) is 0 Å². The van der Waals surface area contributed by atoms with E-state index in [1.165, 1.54) is 5.39 Å².